The van der Waals surface area contributed by atoms with Crippen molar-refractivity contribution in [2.45, 2.75) is 52.7 Å². The number of carbonyl (C=O) groups excluding carboxylic acids is 2. The summed E-state index contributed by atoms with van der Waals surface area (Å²) in [4.78, 5) is 26.6. The maximum Gasteiger partial charge on any atom is 0.338 e. The van der Waals surface area contributed by atoms with E-state index in [-0.39, 0.29) is 30.7 Å². The van der Waals surface area contributed by atoms with Gasteiger partial charge in [-0.1, -0.05) is 5.16 Å². The Morgan fingerprint density at radius 1 is 1.23 bits per heavy atom. The summed E-state index contributed by atoms with van der Waals surface area (Å²) in [5.74, 6) is 0.823. The van der Waals surface area contributed by atoms with Gasteiger partial charge >= 0.3 is 5.97 Å². The third-order valence-corrected chi connectivity index (χ3v) is 5.40. The van der Waals surface area contributed by atoms with Crippen molar-refractivity contribution < 1.29 is 28.3 Å². The third-order valence-electron chi connectivity index (χ3n) is 5.40. The molecule has 1 atom stereocenters. The highest BCUT2D eigenvalue weighted by Gasteiger charge is 2.24. The van der Waals surface area contributed by atoms with Crippen molar-refractivity contribution in [1.29, 1.82) is 0 Å². The predicted molar refractivity (Wildman–Crippen MR) is 109 cm³/mol. The summed E-state index contributed by atoms with van der Waals surface area (Å²) >= 11 is 0. The maximum absolute atomic E-state index is 12.4. The summed E-state index contributed by atoms with van der Waals surface area (Å²) in [6.45, 7) is 6.39. The molecule has 30 heavy (non-hydrogen) atoms. The van der Waals surface area contributed by atoms with Gasteiger partial charge in [-0.25, -0.2) is 4.79 Å². The molecular formula is C22H28N2O6. The van der Waals surface area contributed by atoms with E-state index in [2.05, 4.69) is 5.16 Å². The van der Waals surface area contributed by atoms with Crippen molar-refractivity contribution >= 4 is 11.9 Å². The smallest absolute Gasteiger partial charge is 0.338 e. The number of hydrogen-bond donors (Lipinski definition) is 0. The van der Waals surface area contributed by atoms with Crippen LogP contribution in [-0.2, 0) is 16.1 Å². The van der Waals surface area contributed by atoms with Gasteiger partial charge in [-0.2, -0.15) is 0 Å². The quantitative estimate of drug-likeness (QED) is 0.639. The fourth-order valence-electron chi connectivity index (χ4n) is 3.53. The van der Waals surface area contributed by atoms with Crippen LogP contribution in [0.25, 0.3) is 0 Å². The number of ether oxygens (including phenoxy) is 3. The molecule has 8 heteroatoms. The second-order valence-corrected chi connectivity index (χ2v) is 7.47. The molecule has 0 N–H and O–H groups in total. The van der Waals surface area contributed by atoms with Crippen LogP contribution in [0.3, 0.4) is 0 Å². The van der Waals surface area contributed by atoms with E-state index in [9.17, 15) is 9.59 Å². The minimum Gasteiger partial charge on any atom is -0.493 e. The van der Waals surface area contributed by atoms with Gasteiger partial charge in [0.1, 0.15) is 12.4 Å². The van der Waals surface area contributed by atoms with Crippen LogP contribution in [0.4, 0.5) is 0 Å². The molecule has 1 aliphatic heterocycles. The lowest BCUT2D eigenvalue weighted by atomic mass is 10.0. The van der Waals surface area contributed by atoms with Crippen molar-refractivity contribution in [3.05, 3.63) is 40.8 Å². The molecule has 2 aromatic rings. The van der Waals surface area contributed by atoms with E-state index in [0.29, 0.717) is 23.8 Å². The van der Waals surface area contributed by atoms with Crippen LogP contribution >= 0.6 is 0 Å². The third kappa shape index (κ3) is 4.93. The Kier molecular flexibility index (Phi) is 6.97. The first-order valence-electron chi connectivity index (χ1n) is 10.1. The zero-order chi connectivity index (χ0) is 21.7. The average Bonchev–Trinajstić information content (AvgIpc) is 3.07. The largest absolute Gasteiger partial charge is 0.493 e. The van der Waals surface area contributed by atoms with E-state index >= 15 is 0 Å². The van der Waals surface area contributed by atoms with Crippen LogP contribution in [-0.4, -0.2) is 48.2 Å². The first-order valence-corrected chi connectivity index (χ1v) is 10.1. The Labute approximate surface area is 176 Å². The monoisotopic (exact) mass is 416 g/mol. The van der Waals surface area contributed by atoms with Crippen LogP contribution in [0.2, 0.25) is 0 Å². The highest BCUT2D eigenvalue weighted by molar-refractivity contribution is 5.92. The van der Waals surface area contributed by atoms with Crippen molar-refractivity contribution in [3.8, 4) is 11.5 Å². The number of piperidine rings is 1. The van der Waals surface area contributed by atoms with Crippen molar-refractivity contribution in [2.75, 3.05) is 20.3 Å². The Hall–Kier alpha value is -3.03. The Morgan fingerprint density at radius 3 is 2.70 bits per heavy atom. The topological polar surface area (TPSA) is 91.1 Å². The zero-order valence-corrected chi connectivity index (χ0v) is 17.9. The van der Waals surface area contributed by atoms with Crippen molar-refractivity contribution in [1.82, 2.24) is 10.1 Å². The zero-order valence-electron chi connectivity index (χ0n) is 17.9. The van der Waals surface area contributed by atoms with E-state index < -0.39 is 5.97 Å². The molecule has 0 unspecified atom stereocenters. The number of carbonyl (C=O) groups is 2. The summed E-state index contributed by atoms with van der Waals surface area (Å²) in [5, 5.41) is 3.90. The predicted octanol–water partition coefficient (Wildman–Crippen LogP) is 3.44. The van der Waals surface area contributed by atoms with E-state index in [1.807, 2.05) is 20.8 Å². The molecule has 8 nitrogen and oxygen atoms in total. The number of esters is 1. The van der Waals surface area contributed by atoms with E-state index in [0.717, 1.165) is 30.5 Å². The number of hydrogen-bond acceptors (Lipinski definition) is 7. The van der Waals surface area contributed by atoms with Crippen LogP contribution in [0.5, 0.6) is 11.5 Å². The Balaban J connectivity index is 1.60. The molecule has 1 aromatic carbocycles. The van der Waals surface area contributed by atoms with E-state index in [4.69, 9.17) is 18.7 Å². The molecule has 0 spiro atoms. The standard InChI is InChI=1S/C22H28N2O6/c1-14-7-5-6-10-24(14)21(25)13-29-22(26)17-8-9-19(20(11-17)27-4)28-12-18-15(2)23-30-16(18)3/h8-9,11,14H,5-7,10,12-13H2,1-4H3/t14-/m0/s1. The molecule has 0 bridgehead atoms. The number of amides is 1. The molecule has 0 aliphatic carbocycles. The van der Waals surface area contributed by atoms with E-state index in [1.165, 1.54) is 7.11 Å². The fourth-order valence-corrected chi connectivity index (χ4v) is 3.53. The minimum atomic E-state index is -0.580. The number of aromatic nitrogens is 1. The number of rotatable bonds is 7. The van der Waals surface area contributed by atoms with Crippen molar-refractivity contribution in [3.63, 3.8) is 0 Å². The van der Waals surface area contributed by atoms with Crippen LogP contribution in [0.1, 0.15) is 53.6 Å². The molecule has 3 rings (SSSR count). The van der Waals surface area contributed by atoms with Gasteiger partial charge in [-0.3, -0.25) is 4.79 Å². The van der Waals surface area contributed by atoms with Gasteiger partial charge in [-0.15, -0.1) is 0 Å². The maximum atomic E-state index is 12.4. The Morgan fingerprint density at radius 2 is 2.03 bits per heavy atom. The second-order valence-electron chi connectivity index (χ2n) is 7.47. The van der Waals surface area contributed by atoms with Gasteiger partial charge in [0.15, 0.2) is 18.1 Å². The van der Waals surface area contributed by atoms with Gasteiger partial charge in [0.25, 0.3) is 5.91 Å². The summed E-state index contributed by atoms with van der Waals surface area (Å²) in [6, 6.07) is 4.95. The molecular weight excluding hydrogens is 388 g/mol. The lowest BCUT2D eigenvalue weighted by Crippen LogP contribution is -2.44. The normalized spacial score (nSPS) is 16.3. The summed E-state index contributed by atoms with van der Waals surface area (Å²) in [6.07, 6.45) is 3.08. The lowest BCUT2D eigenvalue weighted by molar-refractivity contribution is -0.137. The number of likely N-dealkylation sites (tertiary alicyclic amines) is 1. The molecule has 0 radical (unpaired) electrons. The summed E-state index contributed by atoms with van der Waals surface area (Å²) in [7, 11) is 1.49. The molecule has 2 heterocycles. The number of benzene rings is 1. The fraction of sp³-hybridized carbons (Fsp3) is 0.500. The summed E-state index contributed by atoms with van der Waals surface area (Å²) < 4.78 is 21.5. The Bertz CT molecular complexity index is 888. The minimum absolute atomic E-state index is 0.165. The van der Waals surface area contributed by atoms with Crippen LogP contribution < -0.4 is 9.47 Å². The first-order chi connectivity index (χ1) is 14.4. The SMILES string of the molecule is COc1cc(C(=O)OCC(=O)N2CCCC[C@@H]2C)ccc1OCc1c(C)noc1C. The van der Waals surface area contributed by atoms with Crippen molar-refractivity contribution in [2.24, 2.45) is 0 Å². The van der Waals surface area contributed by atoms with Gasteiger partial charge in [0, 0.05) is 12.6 Å². The van der Waals surface area contributed by atoms with Gasteiger partial charge in [0.05, 0.1) is 23.9 Å². The molecule has 162 valence electrons. The number of nitrogens with zero attached hydrogens (tertiary/aromatic N) is 2. The van der Waals surface area contributed by atoms with Gasteiger partial charge in [-0.05, 0) is 58.2 Å². The van der Waals surface area contributed by atoms with Crippen LogP contribution in [0, 0.1) is 13.8 Å². The second kappa shape index (κ2) is 9.65. The molecule has 0 saturated carbocycles. The number of aryl methyl sites for hydroxylation is 2. The average molecular weight is 416 g/mol. The van der Waals surface area contributed by atoms with E-state index in [1.54, 1.807) is 23.1 Å². The first kappa shape index (κ1) is 21.7. The molecule has 1 amide bonds. The van der Waals surface area contributed by atoms with Crippen LogP contribution in [0.15, 0.2) is 22.7 Å². The van der Waals surface area contributed by atoms with Gasteiger partial charge in [0.2, 0.25) is 0 Å². The highest BCUT2D eigenvalue weighted by atomic mass is 16.5. The molecule has 1 aliphatic rings. The molecule has 1 fully saturated rings. The molecule has 1 saturated heterocycles. The summed E-state index contributed by atoms with van der Waals surface area (Å²) in [5.41, 5.74) is 1.92. The van der Waals surface area contributed by atoms with Gasteiger partial charge < -0.3 is 23.6 Å². The number of methoxy groups -OCH3 is 1. The highest BCUT2D eigenvalue weighted by Crippen LogP contribution is 2.30. The molecule has 1 aromatic heterocycles. The lowest BCUT2D eigenvalue weighted by Gasteiger charge is -2.33.